The number of ether oxygens (including phenoxy) is 1. The molecular weight excluding hydrogens is 286 g/mol. The molecule has 0 atom stereocenters. The molecule has 0 unspecified atom stereocenters. The third-order valence-electron chi connectivity index (χ3n) is 2.90. The minimum atomic E-state index is -0.0886. The third-order valence-corrected chi connectivity index (χ3v) is 3.79. The van der Waals surface area contributed by atoms with Gasteiger partial charge in [-0.3, -0.25) is 4.79 Å². The molecular formula is C15H19N3O2S. The van der Waals surface area contributed by atoms with Crippen LogP contribution < -0.4 is 10.5 Å². The third kappa shape index (κ3) is 3.95. The molecule has 112 valence electrons. The van der Waals surface area contributed by atoms with Gasteiger partial charge in [0.2, 0.25) is 0 Å². The molecule has 1 amide bonds. The Morgan fingerprint density at radius 3 is 2.81 bits per heavy atom. The first-order valence-corrected chi connectivity index (χ1v) is 7.51. The second-order valence-corrected chi connectivity index (χ2v) is 6.05. The molecule has 2 rings (SSSR count). The molecule has 0 bridgehead atoms. The molecule has 1 heterocycles. The van der Waals surface area contributed by atoms with Crippen molar-refractivity contribution in [3.63, 3.8) is 0 Å². The number of hydrogen-bond donors (Lipinski definition) is 1. The van der Waals surface area contributed by atoms with Gasteiger partial charge in [0.25, 0.3) is 5.91 Å². The van der Waals surface area contributed by atoms with Crippen LogP contribution in [-0.4, -0.2) is 29.4 Å². The Hall–Kier alpha value is -2.08. The second kappa shape index (κ2) is 6.58. The molecule has 1 aromatic heterocycles. The van der Waals surface area contributed by atoms with Crippen molar-refractivity contribution in [1.29, 1.82) is 0 Å². The van der Waals surface area contributed by atoms with E-state index in [-0.39, 0.29) is 5.91 Å². The SMILES string of the molecule is CCOc1cc(N)cc(C(=O)N(C)Cc2cnc(C)s2)c1. The van der Waals surface area contributed by atoms with E-state index in [1.807, 2.05) is 13.8 Å². The molecule has 0 aliphatic rings. The number of amides is 1. The van der Waals surface area contributed by atoms with Gasteiger partial charge in [0.15, 0.2) is 0 Å². The maximum Gasteiger partial charge on any atom is 0.254 e. The van der Waals surface area contributed by atoms with Gasteiger partial charge in [-0.25, -0.2) is 4.98 Å². The lowest BCUT2D eigenvalue weighted by Gasteiger charge is -2.17. The highest BCUT2D eigenvalue weighted by molar-refractivity contribution is 7.11. The molecule has 0 radical (unpaired) electrons. The van der Waals surface area contributed by atoms with E-state index in [0.29, 0.717) is 30.2 Å². The smallest absolute Gasteiger partial charge is 0.254 e. The van der Waals surface area contributed by atoms with Crippen molar-refractivity contribution in [3.8, 4) is 5.75 Å². The van der Waals surface area contributed by atoms with E-state index in [2.05, 4.69) is 4.98 Å². The first-order valence-electron chi connectivity index (χ1n) is 6.69. The van der Waals surface area contributed by atoms with Crippen molar-refractivity contribution in [2.75, 3.05) is 19.4 Å². The van der Waals surface area contributed by atoms with Crippen LogP contribution >= 0.6 is 11.3 Å². The highest BCUT2D eigenvalue weighted by Crippen LogP contribution is 2.21. The molecule has 0 aliphatic carbocycles. The van der Waals surface area contributed by atoms with Gasteiger partial charge in [-0.15, -0.1) is 11.3 Å². The molecule has 0 aliphatic heterocycles. The summed E-state index contributed by atoms with van der Waals surface area (Å²) in [6.07, 6.45) is 1.80. The highest BCUT2D eigenvalue weighted by Gasteiger charge is 2.15. The van der Waals surface area contributed by atoms with Gasteiger partial charge >= 0.3 is 0 Å². The van der Waals surface area contributed by atoms with E-state index < -0.39 is 0 Å². The molecule has 5 nitrogen and oxygen atoms in total. The monoisotopic (exact) mass is 305 g/mol. The van der Waals surface area contributed by atoms with Crippen molar-refractivity contribution in [2.45, 2.75) is 20.4 Å². The Balaban J connectivity index is 2.14. The molecule has 0 spiro atoms. The number of nitrogens with two attached hydrogens (primary N) is 1. The summed E-state index contributed by atoms with van der Waals surface area (Å²) in [4.78, 5) is 19.4. The van der Waals surface area contributed by atoms with Gasteiger partial charge in [-0.05, 0) is 26.0 Å². The highest BCUT2D eigenvalue weighted by atomic mass is 32.1. The molecule has 21 heavy (non-hydrogen) atoms. The van der Waals surface area contributed by atoms with Crippen LogP contribution in [0.1, 0.15) is 27.2 Å². The fraction of sp³-hybridized carbons (Fsp3) is 0.333. The number of aromatic nitrogens is 1. The zero-order chi connectivity index (χ0) is 15.4. The number of anilines is 1. The molecule has 0 saturated carbocycles. The van der Waals surface area contributed by atoms with Gasteiger partial charge < -0.3 is 15.4 Å². The summed E-state index contributed by atoms with van der Waals surface area (Å²) in [5.41, 5.74) is 6.87. The van der Waals surface area contributed by atoms with Gasteiger partial charge in [0, 0.05) is 35.4 Å². The summed E-state index contributed by atoms with van der Waals surface area (Å²) >= 11 is 1.59. The van der Waals surface area contributed by atoms with E-state index in [4.69, 9.17) is 10.5 Å². The maximum absolute atomic E-state index is 12.5. The predicted molar refractivity (Wildman–Crippen MR) is 84.7 cm³/mol. The number of rotatable bonds is 5. The van der Waals surface area contributed by atoms with Crippen LogP contribution in [0.15, 0.2) is 24.4 Å². The predicted octanol–water partition coefficient (Wildman–Crippen LogP) is 2.70. The van der Waals surface area contributed by atoms with Crippen LogP contribution in [0.4, 0.5) is 5.69 Å². The van der Waals surface area contributed by atoms with E-state index in [1.54, 1.807) is 47.7 Å². The van der Waals surface area contributed by atoms with Crippen molar-refractivity contribution >= 4 is 22.9 Å². The Morgan fingerprint density at radius 2 is 2.19 bits per heavy atom. The quantitative estimate of drug-likeness (QED) is 0.862. The standard InChI is InChI=1S/C15H19N3O2S/c1-4-20-13-6-11(5-12(16)7-13)15(19)18(3)9-14-8-17-10(2)21-14/h5-8H,4,9,16H2,1-3H3. The average Bonchev–Trinajstić information content (AvgIpc) is 2.83. The molecule has 2 N–H and O–H groups in total. The van der Waals surface area contributed by atoms with Crippen LogP contribution in [0.3, 0.4) is 0 Å². The van der Waals surface area contributed by atoms with Gasteiger partial charge in [-0.1, -0.05) is 0 Å². The number of nitrogens with zero attached hydrogens (tertiary/aromatic N) is 2. The van der Waals surface area contributed by atoms with Crippen molar-refractivity contribution < 1.29 is 9.53 Å². The van der Waals surface area contributed by atoms with E-state index >= 15 is 0 Å². The zero-order valence-electron chi connectivity index (χ0n) is 12.4. The Morgan fingerprint density at radius 1 is 1.43 bits per heavy atom. The van der Waals surface area contributed by atoms with Crippen molar-refractivity contribution in [3.05, 3.63) is 39.8 Å². The average molecular weight is 305 g/mol. The minimum absolute atomic E-state index is 0.0886. The number of aryl methyl sites for hydroxylation is 1. The molecule has 0 saturated heterocycles. The summed E-state index contributed by atoms with van der Waals surface area (Å²) in [7, 11) is 1.76. The molecule has 0 fully saturated rings. The second-order valence-electron chi connectivity index (χ2n) is 4.73. The minimum Gasteiger partial charge on any atom is -0.494 e. The summed E-state index contributed by atoms with van der Waals surface area (Å²) in [6.45, 7) is 4.90. The van der Waals surface area contributed by atoms with E-state index in [0.717, 1.165) is 9.88 Å². The summed E-state index contributed by atoms with van der Waals surface area (Å²) in [6, 6.07) is 5.10. The number of carbonyl (C=O) groups is 1. The van der Waals surface area contributed by atoms with Crippen LogP contribution in [-0.2, 0) is 6.54 Å². The summed E-state index contributed by atoms with van der Waals surface area (Å²) in [5, 5.41) is 0.994. The number of hydrogen-bond acceptors (Lipinski definition) is 5. The normalized spacial score (nSPS) is 10.4. The Bertz CT molecular complexity index is 640. The van der Waals surface area contributed by atoms with Crippen LogP contribution in [0.25, 0.3) is 0 Å². The van der Waals surface area contributed by atoms with Gasteiger partial charge in [0.1, 0.15) is 5.75 Å². The number of benzene rings is 1. The van der Waals surface area contributed by atoms with Crippen molar-refractivity contribution in [1.82, 2.24) is 9.88 Å². The number of thiazole rings is 1. The molecule has 6 heteroatoms. The lowest BCUT2D eigenvalue weighted by molar-refractivity contribution is 0.0786. The van der Waals surface area contributed by atoms with Gasteiger partial charge in [-0.2, -0.15) is 0 Å². The van der Waals surface area contributed by atoms with Gasteiger partial charge in [0.05, 0.1) is 18.2 Å². The largest absolute Gasteiger partial charge is 0.494 e. The zero-order valence-corrected chi connectivity index (χ0v) is 13.2. The Labute approximate surface area is 128 Å². The van der Waals surface area contributed by atoms with Crippen LogP contribution in [0.2, 0.25) is 0 Å². The van der Waals surface area contributed by atoms with Crippen molar-refractivity contribution in [2.24, 2.45) is 0 Å². The molecule has 1 aromatic carbocycles. The van der Waals surface area contributed by atoms with Crippen LogP contribution in [0, 0.1) is 6.92 Å². The summed E-state index contributed by atoms with van der Waals surface area (Å²) < 4.78 is 5.42. The first kappa shape index (κ1) is 15.3. The Kier molecular flexibility index (Phi) is 4.80. The topological polar surface area (TPSA) is 68.5 Å². The molecule has 2 aromatic rings. The fourth-order valence-electron chi connectivity index (χ4n) is 2.00. The van der Waals surface area contributed by atoms with E-state index in [1.165, 1.54) is 0 Å². The maximum atomic E-state index is 12.5. The lowest BCUT2D eigenvalue weighted by atomic mass is 10.1. The number of nitrogen functional groups attached to an aromatic ring is 1. The fourth-order valence-corrected chi connectivity index (χ4v) is 2.85. The number of carbonyl (C=O) groups excluding carboxylic acids is 1. The summed E-state index contributed by atoms with van der Waals surface area (Å²) in [5.74, 6) is 0.525. The van der Waals surface area contributed by atoms with E-state index in [9.17, 15) is 4.79 Å². The first-order chi connectivity index (χ1) is 9.99. The van der Waals surface area contributed by atoms with Crippen LogP contribution in [0.5, 0.6) is 5.75 Å². The lowest BCUT2D eigenvalue weighted by Crippen LogP contribution is -2.26.